The summed E-state index contributed by atoms with van der Waals surface area (Å²) in [5.41, 5.74) is 5.02. The minimum Gasteiger partial charge on any atom is -0.489 e. The molecule has 2 heteroatoms. The van der Waals surface area contributed by atoms with Gasteiger partial charge in [0.2, 0.25) is 0 Å². The number of hydrogen-bond acceptors (Lipinski definition) is 1. The minimum atomic E-state index is 0.599. The van der Waals surface area contributed by atoms with E-state index in [1.54, 1.807) is 0 Å². The highest BCUT2D eigenvalue weighted by Crippen LogP contribution is 2.22. The van der Waals surface area contributed by atoms with Crippen molar-refractivity contribution in [3.8, 4) is 5.75 Å². The highest BCUT2D eigenvalue weighted by Gasteiger charge is 2.06. The Morgan fingerprint density at radius 2 is 1.48 bits per heavy atom. The van der Waals surface area contributed by atoms with Gasteiger partial charge in [-0.1, -0.05) is 60.7 Å². The van der Waals surface area contributed by atoms with Crippen LogP contribution in [-0.4, -0.2) is 4.57 Å². The lowest BCUT2D eigenvalue weighted by molar-refractivity contribution is 0.306. The van der Waals surface area contributed by atoms with E-state index in [-0.39, 0.29) is 0 Å². The summed E-state index contributed by atoms with van der Waals surface area (Å²) in [5.74, 6) is 0.904. The first-order valence-corrected chi connectivity index (χ1v) is 8.60. The zero-order valence-corrected chi connectivity index (χ0v) is 14.4. The van der Waals surface area contributed by atoms with Crippen LogP contribution in [0.2, 0.25) is 0 Å². The number of aromatic nitrogens is 1. The van der Waals surface area contributed by atoms with Crippen LogP contribution in [0.3, 0.4) is 0 Å². The van der Waals surface area contributed by atoms with Crippen LogP contribution in [0.1, 0.15) is 16.8 Å². The SMILES string of the molecule is Cc1cc2ccccc2n1Cc1ccc(OCc2ccccc2)cc1. The van der Waals surface area contributed by atoms with E-state index in [1.165, 1.54) is 27.7 Å². The molecule has 0 N–H and O–H groups in total. The van der Waals surface area contributed by atoms with Crippen molar-refractivity contribution in [2.45, 2.75) is 20.1 Å². The van der Waals surface area contributed by atoms with Crippen molar-refractivity contribution < 1.29 is 4.74 Å². The second-order valence-electron chi connectivity index (χ2n) is 6.35. The van der Waals surface area contributed by atoms with Crippen molar-refractivity contribution in [1.29, 1.82) is 0 Å². The van der Waals surface area contributed by atoms with Crippen molar-refractivity contribution in [3.05, 3.63) is 102 Å². The third kappa shape index (κ3) is 3.43. The van der Waals surface area contributed by atoms with Crippen molar-refractivity contribution in [2.75, 3.05) is 0 Å². The number of hydrogen-bond donors (Lipinski definition) is 0. The molecule has 2 nitrogen and oxygen atoms in total. The highest BCUT2D eigenvalue weighted by molar-refractivity contribution is 5.81. The summed E-state index contributed by atoms with van der Waals surface area (Å²) in [4.78, 5) is 0. The van der Waals surface area contributed by atoms with E-state index in [9.17, 15) is 0 Å². The van der Waals surface area contributed by atoms with E-state index in [0.717, 1.165) is 12.3 Å². The predicted octanol–water partition coefficient (Wildman–Crippen LogP) is 5.58. The van der Waals surface area contributed by atoms with Crippen LogP contribution >= 0.6 is 0 Å². The summed E-state index contributed by atoms with van der Waals surface area (Å²) in [6, 6.07) is 29.4. The molecule has 0 aliphatic carbocycles. The molecule has 0 unspecified atom stereocenters. The second kappa shape index (κ2) is 6.86. The number of fused-ring (bicyclic) bond motifs is 1. The number of ether oxygens (including phenoxy) is 1. The molecule has 0 atom stereocenters. The Kier molecular flexibility index (Phi) is 4.26. The fourth-order valence-corrected chi connectivity index (χ4v) is 3.17. The van der Waals surface area contributed by atoms with Gasteiger partial charge in [-0.15, -0.1) is 0 Å². The van der Waals surface area contributed by atoms with Crippen LogP contribution in [-0.2, 0) is 13.2 Å². The van der Waals surface area contributed by atoms with Gasteiger partial charge in [0.25, 0.3) is 0 Å². The van der Waals surface area contributed by atoms with Crippen LogP contribution in [0.15, 0.2) is 84.9 Å². The van der Waals surface area contributed by atoms with E-state index < -0.39 is 0 Å². The molecule has 0 bridgehead atoms. The van der Waals surface area contributed by atoms with Crippen LogP contribution in [0.5, 0.6) is 5.75 Å². The Morgan fingerprint density at radius 3 is 2.28 bits per heavy atom. The van der Waals surface area contributed by atoms with E-state index in [4.69, 9.17) is 4.74 Å². The third-order valence-corrected chi connectivity index (χ3v) is 4.53. The average Bonchev–Trinajstić information content (AvgIpc) is 2.97. The van der Waals surface area contributed by atoms with Gasteiger partial charge in [-0.25, -0.2) is 0 Å². The molecule has 0 saturated heterocycles. The smallest absolute Gasteiger partial charge is 0.119 e. The molecular weight excluding hydrogens is 306 g/mol. The Morgan fingerprint density at radius 1 is 0.760 bits per heavy atom. The summed E-state index contributed by atoms with van der Waals surface area (Å²) >= 11 is 0. The van der Waals surface area contributed by atoms with Gasteiger partial charge in [0.15, 0.2) is 0 Å². The maximum Gasteiger partial charge on any atom is 0.119 e. The average molecular weight is 327 g/mol. The van der Waals surface area contributed by atoms with Crippen molar-refractivity contribution in [3.63, 3.8) is 0 Å². The maximum atomic E-state index is 5.87. The van der Waals surface area contributed by atoms with Crippen LogP contribution in [0, 0.1) is 6.92 Å². The van der Waals surface area contributed by atoms with Crippen LogP contribution in [0.4, 0.5) is 0 Å². The zero-order chi connectivity index (χ0) is 17.1. The molecule has 0 fully saturated rings. The van der Waals surface area contributed by atoms with Gasteiger partial charge in [0.1, 0.15) is 12.4 Å². The van der Waals surface area contributed by atoms with E-state index in [2.05, 4.69) is 78.2 Å². The quantitative estimate of drug-likeness (QED) is 0.467. The third-order valence-electron chi connectivity index (χ3n) is 4.53. The lowest BCUT2D eigenvalue weighted by Gasteiger charge is -2.10. The first kappa shape index (κ1) is 15.5. The Labute approximate surface area is 148 Å². The Bertz CT molecular complexity index is 968. The Hall–Kier alpha value is -3.00. The molecule has 1 aromatic heterocycles. The standard InChI is InChI=1S/C23H21NO/c1-18-15-21-9-5-6-10-23(21)24(18)16-19-11-13-22(14-12-19)25-17-20-7-3-2-4-8-20/h2-15H,16-17H2,1H3. The van der Waals surface area contributed by atoms with E-state index >= 15 is 0 Å². The number of benzene rings is 3. The largest absolute Gasteiger partial charge is 0.489 e. The van der Waals surface area contributed by atoms with Gasteiger partial charge < -0.3 is 9.30 Å². The molecule has 0 spiro atoms. The zero-order valence-electron chi connectivity index (χ0n) is 14.4. The monoisotopic (exact) mass is 327 g/mol. The lowest BCUT2D eigenvalue weighted by atomic mass is 10.2. The van der Waals surface area contributed by atoms with Gasteiger partial charge >= 0.3 is 0 Å². The molecule has 1 heterocycles. The molecule has 4 aromatic rings. The minimum absolute atomic E-state index is 0.599. The molecule has 4 rings (SSSR count). The summed E-state index contributed by atoms with van der Waals surface area (Å²) in [5, 5.41) is 1.29. The number of nitrogens with zero attached hydrogens (tertiary/aromatic N) is 1. The highest BCUT2D eigenvalue weighted by atomic mass is 16.5. The van der Waals surface area contributed by atoms with E-state index in [0.29, 0.717) is 6.61 Å². The molecule has 0 aliphatic heterocycles. The van der Waals surface area contributed by atoms with Crippen LogP contribution in [0.25, 0.3) is 10.9 Å². The molecule has 124 valence electrons. The molecule has 3 aromatic carbocycles. The molecule has 0 saturated carbocycles. The fraction of sp³-hybridized carbons (Fsp3) is 0.130. The summed E-state index contributed by atoms with van der Waals surface area (Å²) in [7, 11) is 0. The molecular formula is C23H21NO. The molecule has 0 radical (unpaired) electrons. The predicted molar refractivity (Wildman–Crippen MR) is 103 cm³/mol. The number of para-hydroxylation sites is 1. The second-order valence-corrected chi connectivity index (χ2v) is 6.35. The summed E-state index contributed by atoms with van der Waals surface area (Å²) in [6.07, 6.45) is 0. The molecule has 25 heavy (non-hydrogen) atoms. The lowest BCUT2D eigenvalue weighted by Crippen LogP contribution is -2.01. The first-order chi connectivity index (χ1) is 12.3. The maximum absolute atomic E-state index is 5.87. The molecule has 0 aliphatic rings. The first-order valence-electron chi connectivity index (χ1n) is 8.60. The normalized spacial score (nSPS) is 10.9. The van der Waals surface area contributed by atoms with Gasteiger partial charge in [-0.05, 0) is 47.7 Å². The fourth-order valence-electron chi connectivity index (χ4n) is 3.17. The summed E-state index contributed by atoms with van der Waals surface area (Å²) in [6.45, 7) is 3.64. The van der Waals surface area contributed by atoms with Gasteiger partial charge in [0, 0.05) is 17.8 Å². The topological polar surface area (TPSA) is 14.2 Å². The Balaban J connectivity index is 1.47. The van der Waals surface area contributed by atoms with Gasteiger partial charge in [-0.3, -0.25) is 0 Å². The van der Waals surface area contributed by atoms with Gasteiger partial charge in [0.05, 0.1) is 0 Å². The van der Waals surface area contributed by atoms with Crippen molar-refractivity contribution in [2.24, 2.45) is 0 Å². The molecule has 0 amide bonds. The number of aryl methyl sites for hydroxylation is 1. The van der Waals surface area contributed by atoms with Crippen LogP contribution < -0.4 is 4.74 Å². The van der Waals surface area contributed by atoms with Gasteiger partial charge in [-0.2, -0.15) is 0 Å². The number of rotatable bonds is 5. The van der Waals surface area contributed by atoms with E-state index in [1.807, 2.05) is 18.2 Å². The summed E-state index contributed by atoms with van der Waals surface area (Å²) < 4.78 is 8.23. The van der Waals surface area contributed by atoms with Crippen molar-refractivity contribution >= 4 is 10.9 Å². The van der Waals surface area contributed by atoms with Crippen molar-refractivity contribution in [1.82, 2.24) is 4.57 Å².